The van der Waals surface area contributed by atoms with Gasteiger partial charge in [-0.3, -0.25) is 4.79 Å². The van der Waals surface area contributed by atoms with Crippen molar-refractivity contribution in [2.45, 2.75) is 78.6 Å². The molecule has 2 aromatic rings. The van der Waals surface area contributed by atoms with Gasteiger partial charge in [0.25, 0.3) is 0 Å². The lowest BCUT2D eigenvalue weighted by atomic mass is 9.68. The predicted octanol–water partition coefficient (Wildman–Crippen LogP) is 6.65. The molecule has 1 atom stereocenters. The number of rotatable bonds is 3. The van der Waals surface area contributed by atoms with Crippen LogP contribution in [0, 0.1) is 6.92 Å². The first kappa shape index (κ1) is 23.0. The van der Waals surface area contributed by atoms with Crippen LogP contribution < -0.4 is 5.84 Å². The van der Waals surface area contributed by atoms with Crippen LogP contribution in [0.15, 0.2) is 47.6 Å². The number of Topliss-reactive ketones (excluding diaryl/α,β-unsaturated/α-hetero) is 1. The fourth-order valence-corrected chi connectivity index (χ4v) is 4.83. The fourth-order valence-electron chi connectivity index (χ4n) is 4.83. The molecule has 2 N–H and O–H groups in total. The van der Waals surface area contributed by atoms with Crippen molar-refractivity contribution in [3.63, 3.8) is 0 Å². The summed E-state index contributed by atoms with van der Waals surface area (Å²) in [7, 11) is 0. The Morgan fingerprint density at radius 3 is 2.39 bits per heavy atom. The van der Waals surface area contributed by atoms with Crippen LogP contribution in [-0.4, -0.2) is 11.5 Å². The number of nitrogens with zero attached hydrogens (tertiary/aromatic N) is 1. The van der Waals surface area contributed by atoms with Crippen LogP contribution >= 0.6 is 0 Å². The van der Waals surface area contributed by atoms with Gasteiger partial charge in [-0.25, -0.2) is 0 Å². The molecule has 31 heavy (non-hydrogen) atoms. The number of hydrogen-bond acceptors (Lipinski definition) is 3. The summed E-state index contributed by atoms with van der Waals surface area (Å²) in [6.07, 6.45) is 5.92. The Bertz CT molecular complexity index is 1030. The van der Waals surface area contributed by atoms with Gasteiger partial charge in [0.05, 0.1) is 5.71 Å². The Morgan fingerprint density at radius 1 is 1.13 bits per heavy atom. The molecule has 4 rings (SSSR count). The maximum Gasteiger partial charge on any atom is 0.163 e. The number of aryl methyl sites for hydroxylation is 1. The number of benzene rings is 2. The Labute approximate surface area is 187 Å². The molecule has 0 radical (unpaired) electrons. The third-order valence-electron chi connectivity index (χ3n) is 6.73. The number of ketones is 1. The van der Waals surface area contributed by atoms with E-state index in [1.807, 2.05) is 44.2 Å². The van der Waals surface area contributed by atoms with E-state index in [9.17, 15) is 4.79 Å². The summed E-state index contributed by atoms with van der Waals surface area (Å²) >= 11 is 0. The zero-order valence-electron chi connectivity index (χ0n) is 19.9. The summed E-state index contributed by atoms with van der Waals surface area (Å²) in [6.45, 7) is 13.1. The van der Waals surface area contributed by atoms with E-state index in [0.29, 0.717) is 12.3 Å². The van der Waals surface area contributed by atoms with Gasteiger partial charge >= 0.3 is 0 Å². The molecule has 0 amide bonds. The maximum absolute atomic E-state index is 12.0. The van der Waals surface area contributed by atoms with Gasteiger partial charge in [0.1, 0.15) is 0 Å². The van der Waals surface area contributed by atoms with Crippen LogP contribution in [0.5, 0.6) is 0 Å². The second-order valence-corrected chi connectivity index (χ2v) is 9.21. The maximum atomic E-state index is 12.0. The van der Waals surface area contributed by atoms with Crippen molar-refractivity contribution in [2.75, 3.05) is 0 Å². The summed E-state index contributed by atoms with van der Waals surface area (Å²) < 4.78 is 0. The van der Waals surface area contributed by atoms with Crippen molar-refractivity contribution in [3.05, 3.63) is 75.9 Å². The van der Waals surface area contributed by atoms with Crippen LogP contribution in [0.25, 0.3) is 5.57 Å². The van der Waals surface area contributed by atoms with E-state index in [0.717, 1.165) is 34.4 Å². The molecule has 2 aromatic carbocycles. The Balaban J connectivity index is 0.00000132. The summed E-state index contributed by atoms with van der Waals surface area (Å²) in [5.74, 6) is 6.69. The van der Waals surface area contributed by atoms with E-state index >= 15 is 0 Å². The third kappa shape index (κ3) is 4.37. The molecule has 0 aromatic heterocycles. The number of hydrazone groups is 1. The van der Waals surface area contributed by atoms with Crippen molar-refractivity contribution in [1.29, 1.82) is 0 Å². The highest BCUT2D eigenvalue weighted by Gasteiger charge is 2.32. The zero-order valence-corrected chi connectivity index (χ0v) is 19.9. The van der Waals surface area contributed by atoms with Crippen LogP contribution in [-0.2, 0) is 10.2 Å². The van der Waals surface area contributed by atoms with E-state index < -0.39 is 0 Å². The average molecular weight is 417 g/mol. The van der Waals surface area contributed by atoms with Crippen molar-refractivity contribution >= 4 is 17.1 Å². The van der Waals surface area contributed by atoms with Gasteiger partial charge in [0.2, 0.25) is 0 Å². The number of allylic oxidation sites excluding steroid dienone is 2. The number of nitrogens with two attached hydrogens (primary N) is 1. The van der Waals surface area contributed by atoms with Gasteiger partial charge < -0.3 is 5.84 Å². The highest BCUT2D eigenvalue weighted by molar-refractivity contribution is 6.22. The van der Waals surface area contributed by atoms with Gasteiger partial charge in [-0.2, -0.15) is 5.10 Å². The molecule has 3 nitrogen and oxygen atoms in total. The lowest BCUT2D eigenvalue weighted by Gasteiger charge is -2.37. The Hall–Kier alpha value is -2.68. The molecule has 2 aliphatic rings. The summed E-state index contributed by atoms with van der Waals surface area (Å²) in [5, 5.41) is 4.18. The molecule has 3 heteroatoms. The third-order valence-corrected chi connectivity index (χ3v) is 6.73. The van der Waals surface area contributed by atoms with Crippen LogP contribution in [0.2, 0.25) is 0 Å². The first-order valence-corrected chi connectivity index (χ1v) is 11.6. The Kier molecular flexibility index (Phi) is 6.83. The topological polar surface area (TPSA) is 55.4 Å². The van der Waals surface area contributed by atoms with Crippen molar-refractivity contribution in [3.8, 4) is 0 Å². The molecule has 164 valence electrons. The fraction of sp³-hybridized carbons (Fsp3) is 0.429. The second-order valence-electron chi connectivity index (χ2n) is 9.21. The normalized spacial score (nSPS) is 19.9. The van der Waals surface area contributed by atoms with E-state index in [1.54, 1.807) is 0 Å². The summed E-state index contributed by atoms with van der Waals surface area (Å²) in [4.78, 5) is 12.0. The molecule has 0 spiro atoms. The number of carbonyl (C=O) groups is 1. The minimum atomic E-state index is 0.156. The van der Waals surface area contributed by atoms with Crippen LogP contribution in [0.4, 0.5) is 0 Å². The smallest absolute Gasteiger partial charge is 0.163 e. The standard InChI is InChI=1S/C26H30N2O.C2H6/c1-16-12-13-26(3,4)23-15-22(17(2)14-21(16)23)25(28-27)19-10-8-18(9-11-19)20-6-5-7-24(20)29;1-2/h6,8-11,14-16H,5,7,12-13,27H2,1-4H3;1-2H3/b28-25+;. The highest BCUT2D eigenvalue weighted by Crippen LogP contribution is 2.43. The van der Waals surface area contributed by atoms with Gasteiger partial charge in [-0.1, -0.05) is 71.0 Å². The molecule has 0 saturated carbocycles. The molecular formula is C28H36N2O. The molecule has 0 saturated heterocycles. The van der Waals surface area contributed by atoms with Gasteiger partial charge in [-0.05, 0) is 65.8 Å². The monoisotopic (exact) mass is 416 g/mol. The van der Waals surface area contributed by atoms with Gasteiger partial charge in [0, 0.05) is 23.1 Å². The largest absolute Gasteiger partial charge is 0.323 e. The molecule has 0 bridgehead atoms. The first-order chi connectivity index (χ1) is 14.8. The second kappa shape index (κ2) is 9.21. The first-order valence-electron chi connectivity index (χ1n) is 11.6. The number of carbonyl (C=O) groups excluding carboxylic acids is 1. The average Bonchev–Trinajstić information content (AvgIpc) is 3.20. The molecule has 2 aliphatic carbocycles. The molecule has 0 heterocycles. The van der Waals surface area contributed by atoms with Crippen LogP contribution in [0.1, 0.15) is 99.6 Å². The quantitative estimate of drug-likeness (QED) is 0.346. The van der Waals surface area contributed by atoms with Crippen molar-refractivity contribution in [2.24, 2.45) is 10.9 Å². The zero-order chi connectivity index (χ0) is 22.8. The van der Waals surface area contributed by atoms with Gasteiger partial charge in [-0.15, -0.1) is 0 Å². The van der Waals surface area contributed by atoms with Crippen molar-refractivity contribution < 1.29 is 4.79 Å². The summed E-state index contributed by atoms with van der Waals surface area (Å²) in [5.41, 5.74) is 8.92. The minimum Gasteiger partial charge on any atom is -0.323 e. The number of hydrogen-bond donors (Lipinski definition) is 1. The molecule has 0 aliphatic heterocycles. The molecular weight excluding hydrogens is 380 g/mol. The van der Waals surface area contributed by atoms with E-state index in [2.05, 4.69) is 44.9 Å². The number of fused-ring (bicyclic) bond motifs is 1. The SMILES string of the molecule is CC.Cc1cc2c(cc1/C(=N/N)c1ccc(C3=CCCC3=O)cc1)C(C)(C)CCC2C. The lowest BCUT2D eigenvalue weighted by molar-refractivity contribution is -0.113. The summed E-state index contributed by atoms with van der Waals surface area (Å²) in [6, 6.07) is 12.7. The molecule has 0 fully saturated rings. The predicted molar refractivity (Wildman–Crippen MR) is 132 cm³/mol. The molecule has 1 unspecified atom stereocenters. The van der Waals surface area contributed by atoms with Crippen LogP contribution in [0.3, 0.4) is 0 Å². The lowest BCUT2D eigenvalue weighted by Crippen LogP contribution is -2.26. The van der Waals surface area contributed by atoms with E-state index in [1.165, 1.54) is 29.5 Å². The van der Waals surface area contributed by atoms with E-state index in [-0.39, 0.29) is 11.2 Å². The minimum absolute atomic E-state index is 0.156. The van der Waals surface area contributed by atoms with Crippen molar-refractivity contribution in [1.82, 2.24) is 0 Å². The Morgan fingerprint density at radius 2 is 1.81 bits per heavy atom. The highest BCUT2D eigenvalue weighted by atomic mass is 16.1. The van der Waals surface area contributed by atoms with E-state index in [4.69, 9.17) is 5.84 Å². The van der Waals surface area contributed by atoms with Gasteiger partial charge in [0.15, 0.2) is 5.78 Å².